The lowest BCUT2D eigenvalue weighted by Gasteiger charge is -2.48. The molecule has 1 saturated heterocycles. The number of carbonyl (C=O) groups is 2. The van der Waals surface area contributed by atoms with Crippen molar-refractivity contribution < 1.29 is 28.5 Å². The number of fused-ring (bicyclic) bond motifs is 2. The van der Waals surface area contributed by atoms with E-state index in [-0.39, 0.29) is 23.5 Å². The fourth-order valence-corrected chi connectivity index (χ4v) is 8.57. The van der Waals surface area contributed by atoms with E-state index in [0.717, 1.165) is 33.9 Å². The molecule has 1 saturated carbocycles. The molecule has 7 rings (SSSR count). The van der Waals surface area contributed by atoms with E-state index in [4.69, 9.17) is 18.9 Å². The van der Waals surface area contributed by atoms with Gasteiger partial charge in [-0.3, -0.25) is 14.9 Å². The molecule has 0 aromatic heterocycles. The van der Waals surface area contributed by atoms with Gasteiger partial charge in [-0.2, -0.15) is 0 Å². The van der Waals surface area contributed by atoms with Gasteiger partial charge < -0.3 is 18.9 Å². The number of ether oxygens (including phenoxy) is 4. The molecular formula is C38H37NO6. The van der Waals surface area contributed by atoms with Gasteiger partial charge in [-0.05, 0) is 72.4 Å². The average Bonchev–Trinajstić information content (AvgIpc) is 3.47. The fraction of sp³-hybridized carbons (Fsp3) is 0.316. The second kappa shape index (κ2) is 10.8. The molecule has 2 fully saturated rings. The minimum absolute atomic E-state index is 0.0236. The van der Waals surface area contributed by atoms with Crippen molar-refractivity contribution in [2.45, 2.75) is 43.7 Å². The molecule has 0 amide bonds. The summed E-state index contributed by atoms with van der Waals surface area (Å²) in [5, 5.41) is 5.72. The van der Waals surface area contributed by atoms with E-state index in [1.807, 2.05) is 78.9 Å². The lowest BCUT2D eigenvalue weighted by atomic mass is 9.52. The summed E-state index contributed by atoms with van der Waals surface area (Å²) in [5.41, 5.74) is 1.47. The Morgan fingerprint density at radius 3 is 2.20 bits per heavy atom. The molecule has 3 aliphatic rings. The van der Waals surface area contributed by atoms with E-state index in [0.29, 0.717) is 47.0 Å². The first kappa shape index (κ1) is 29.1. The summed E-state index contributed by atoms with van der Waals surface area (Å²) in [6, 6.07) is 23.0. The predicted octanol–water partition coefficient (Wildman–Crippen LogP) is 6.86. The van der Waals surface area contributed by atoms with Gasteiger partial charge in [-0.15, -0.1) is 0 Å². The number of hydrogen-bond donors (Lipinski definition) is 1. The summed E-state index contributed by atoms with van der Waals surface area (Å²) in [6.07, 6.45) is 3.81. The number of hydrogen-bond acceptors (Lipinski definition) is 7. The summed E-state index contributed by atoms with van der Waals surface area (Å²) in [4.78, 5) is 30.5. The summed E-state index contributed by atoms with van der Waals surface area (Å²) in [6.45, 7) is 2.08. The quantitative estimate of drug-likeness (QED) is 0.241. The molecule has 7 heteroatoms. The number of methoxy groups -OCH3 is 4. The Kier molecular flexibility index (Phi) is 6.97. The maximum atomic E-state index is 15.5. The lowest BCUT2D eigenvalue weighted by Crippen LogP contribution is -2.59. The third-order valence-corrected chi connectivity index (χ3v) is 10.3. The van der Waals surface area contributed by atoms with Crippen molar-refractivity contribution in [2.24, 2.45) is 5.41 Å². The third kappa shape index (κ3) is 3.93. The molecule has 2 aliphatic carbocycles. The summed E-state index contributed by atoms with van der Waals surface area (Å²) in [7, 11) is 6.48. The number of rotatable bonds is 6. The first-order chi connectivity index (χ1) is 21.8. The van der Waals surface area contributed by atoms with E-state index in [2.05, 4.69) is 12.2 Å². The Morgan fingerprint density at radius 1 is 0.800 bits per heavy atom. The zero-order valence-corrected chi connectivity index (χ0v) is 26.2. The summed E-state index contributed by atoms with van der Waals surface area (Å²) in [5.74, 6) is 2.13. The molecule has 1 heterocycles. The van der Waals surface area contributed by atoms with Crippen molar-refractivity contribution in [3.63, 3.8) is 0 Å². The van der Waals surface area contributed by atoms with Gasteiger partial charge >= 0.3 is 0 Å². The lowest BCUT2D eigenvalue weighted by molar-refractivity contribution is -0.130. The topological polar surface area (TPSA) is 83.1 Å². The Labute approximate surface area is 263 Å². The Balaban J connectivity index is 1.50. The SMILES string of the molecule is COc1ccc(/C=C2\CCC[C@@]3(C2=O)[C@@H](c2ccc(OC)cc2OC)C(C)N[C@@]32C(=O)c3cccc4cccc2c34)c(OC)c1. The average molecular weight is 604 g/mol. The number of benzene rings is 4. The van der Waals surface area contributed by atoms with Crippen molar-refractivity contribution in [3.8, 4) is 23.0 Å². The van der Waals surface area contributed by atoms with Crippen LogP contribution in [0.3, 0.4) is 0 Å². The zero-order valence-electron chi connectivity index (χ0n) is 26.2. The molecule has 4 aromatic carbocycles. The second-order valence-corrected chi connectivity index (χ2v) is 12.2. The number of carbonyl (C=O) groups excluding carboxylic acids is 2. The van der Waals surface area contributed by atoms with E-state index < -0.39 is 11.0 Å². The van der Waals surface area contributed by atoms with Gasteiger partial charge in [0.2, 0.25) is 0 Å². The zero-order chi connectivity index (χ0) is 31.5. The van der Waals surface area contributed by atoms with Gasteiger partial charge in [0.05, 0.1) is 33.9 Å². The number of nitrogens with one attached hydrogen (secondary N) is 1. The van der Waals surface area contributed by atoms with Crippen LogP contribution in [0.4, 0.5) is 0 Å². The van der Waals surface area contributed by atoms with Crippen LogP contribution < -0.4 is 24.3 Å². The van der Waals surface area contributed by atoms with E-state index >= 15 is 9.59 Å². The highest BCUT2D eigenvalue weighted by Crippen LogP contribution is 2.66. The van der Waals surface area contributed by atoms with Gasteiger partial charge in [0.25, 0.3) is 0 Å². The molecule has 1 aliphatic heterocycles. The number of ketones is 2. The molecule has 45 heavy (non-hydrogen) atoms. The second-order valence-electron chi connectivity index (χ2n) is 12.2. The van der Waals surface area contributed by atoms with Crippen molar-refractivity contribution in [1.29, 1.82) is 0 Å². The van der Waals surface area contributed by atoms with Crippen molar-refractivity contribution >= 4 is 28.4 Å². The van der Waals surface area contributed by atoms with Gasteiger partial charge in [0.15, 0.2) is 11.6 Å². The van der Waals surface area contributed by atoms with E-state index in [1.54, 1.807) is 28.4 Å². The molecule has 2 spiro atoms. The van der Waals surface area contributed by atoms with Crippen LogP contribution in [0.15, 0.2) is 78.4 Å². The van der Waals surface area contributed by atoms with Crippen LogP contribution in [-0.2, 0) is 10.3 Å². The molecule has 7 nitrogen and oxygen atoms in total. The van der Waals surface area contributed by atoms with Gasteiger partial charge in [0.1, 0.15) is 28.5 Å². The molecule has 4 aromatic rings. The molecular weight excluding hydrogens is 566 g/mol. The first-order valence-electron chi connectivity index (χ1n) is 15.4. The first-order valence-corrected chi connectivity index (χ1v) is 15.4. The van der Waals surface area contributed by atoms with Crippen LogP contribution in [0.25, 0.3) is 16.8 Å². The van der Waals surface area contributed by atoms with Gasteiger partial charge in [-0.1, -0.05) is 42.5 Å². The van der Waals surface area contributed by atoms with Crippen LogP contribution in [0.5, 0.6) is 23.0 Å². The highest BCUT2D eigenvalue weighted by atomic mass is 16.5. The van der Waals surface area contributed by atoms with Crippen molar-refractivity contribution in [1.82, 2.24) is 5.32 Å². The van der Waals surface area contributed by atoms with Crippen LogP contribution in [0.1, 0.15) is 59.2 Å². The van der Waals surface area contributed by atoms with E-state index in [1.165, 1.54) is 0 Å². The van der Waals surface area contributed by atoms with E-state index in [9.17, 15) is 0 Å². The van der Waals surface area contributed by atoms with Crippen LogP contribution in [-0.4, -0.2) is 46.0 Å². The third-order valence-electron chi connectivity index (χ3n) is 10.3. The summed E-state index contributed by atoms with van der Waals surface area (Å²) < 4.78 is 22.6. The van der Waals surface area contributed by atoms with Crippen molar-refractivity contribution in [2.75, 3.05) is 28.4 Å². The molecule has 1 N–H and O–H groups in total. The maximum Gasteiger partial charge on any atom is 0.189 e. The molecule has 0 bridgehead atoms. The van der Waals surface area contributed by atoms with Crippen LogP contribution in [0.2, 0.25) is 0 Å². The maximum absolute atomic E-state index is 15.5. The number of Topliss-reactive ketones (excluding diaryl/α,β-unsaturated/α-hetero) is 2. The Bertz CT molecular complexity index is 1890. The molecule has 230 valence electrons. The predicted molar refractivity (Wildman–Crippen MR) is 174 cm³/mol. The monoisotopic (exact) mass is 603 g/mol. The highest BCUT2D eigenvalue weighted by molar-refractivity contribution is 6.24. The van der Waals surface area contributed by atoms with Crippen LogP contribution >= 0.6 is 0 Å². The van der Waals surface area contributed by atoms with Gasteiger partial charge in [-0.25, -0.2) is 0 Å². The molecule has 4 atom stereocenters. The molecule has 0 radical (unpaired) electrons. The van der Waals surface area contributed by atoms with Crippen molar-refractivity contribution in [3.05, 3.63) is 101 Å². The van der Waals surface area contributed by atoms with Gasteiger partial charge in [0, 0.05) is 40.8 Å². The molecule has 1 unspecified atom stereocenters. The fourth-order valence-electron chi connectivity index (χ4n) is 8.57. The Morgan fingerprint density at radius 2 is 1.49 bits per heavy atom. The smallest absolute Gasteiger partial charge is 0.189 e. The largest absolute Gasteiger partial charge is 0.497 e. The normalized spacial score (nSPS) is 26.3. The Hall–Kier alpha value is -4.62. The summed E-state index contributed by atoms with van der Waals surface area (Å²) >= 11 is 0. The highest BCUT2D eigenvalue weighted by Gasteiger charge is 2.73. The minimum Gasteiger partial charge on any atom is -0.497 e. The number of allylic oxidation sites excluding steroid dienone is 1. The minimum atomic E-state index is -1.26. The standard InChI is InChI=1S/C38H37NO6/c1-22-34(28-17-16-27(43-3)21-32(28)45-5)37(38(39-22)30-13-7-10-23-9-6-12-29(33(23)30)36(38)41)18-8-11-25(35(37)40)19-24-14-15-26(42-2)20-31(24)44-4/h6-7,9-10,12-17,19-22,34,39H,8,11,18H2,1-5H3/b25-19+/t22?,34-,37+,38+/m1/s1. The van der Waals surface area contributed by atoms with Crippen LogP contribution in [0, 0.1) is 5.41 Å².